The summed E-state index contributed by atoms with van der Waals surface area (Å²) in [7, 11) is 0. The van der Waals surface area contributed by atoms with Crippen LogP contribution in [0.5, 0.6) is 0 Å². The molecule has 0 radical (unpaired) electrons. The van der Waals surface area contributed by atoms with Crippen LogP contribution in [0.1, 0.15) is 26.4 Å². The number of rotatable bonds is 4. The van der Waals surface area contributed by atoms with Crippen molar-refractivity contribution < 1.29 is 9.59 Å². The largest absolute Gasteiger partial charge is 0.352 e. The summed E-state index contributed by atoms with van der Waals surface area (Å²) in [5.41, 5.74) is 3.64. The highest BCUT2D eigenvalue weighted by molar-refractivity contribution is 5.97. The van der Waals surface area contributed by atoms with Gasteiger partial charge in [-0.1, -0.05) is 12.1 Å². The molecule has 6 nitrogen and oxygen atoms in total. The molecule has 0 unspecified atom stereocenters. The molecule has 4 aromatic rings. The van der Waals surface area contributed by atoms with Gasteiger partial charge in [0.2, 0.25) is 0 Å². The van der Waals surface area contributed by atoms with Gasteiger partial charge < -0.3 is 15.3 Å². The summed E-state index contributed by atoms with van der Waals surface area (Å²) < 4.78 is 0. The van der Waals surface area contributed by atoms with Crippen molar-refractivity contribution in [2.24, 2.45) is 0 Å². The molecule has 0 aliphatic rings. The molecule has 0 saturated heterocycles. The monoisotopic (exact) mass is 318 g/mol. The third-order valence-electron chi connectivity index (χ3n) is 3.95. The number of nitrogens with zero attached hydrogens (tertiary/aromatic N) is 1. The fourth-order valence-electron chi connectivity index (χ4n) is 2.72. The predicted octanol–water partition coefficient (Wildman–Crippen LogP) is 2.79. The molecule has 0 atom stereocenters. The van der Waals surface area contributed by atoms with E-state index in [0.29, 0.717) is 17.8 Å². The smallest absolute Gasteiger partial charge is 0.253 e. The second-order valence-corrected chi connectivity index (χ2v) is 5.59. The lowest BCUT2D eigenvalue weighted by Crippen LogP contribution is -2.22. The number of fused-ring (bicyclic) bond motifs is 2. The van der Waals surface area contributed by atoms with Crippen LogP contribution in [0.3, 0.4) is 0 Å². The fourth-order valence-corrected chi connectivity index (χ4v) is 2.72. The Balaban J connectivity index is 1.50. The van der Waals surface area contributed by atoms with Crippen molar-refractivity contribution in [3.05, 3.63) is 65.6 Å². The quantitative estimate of drug-likeness (QED) is 0.505. The highest BCUT2D eigenvalue weighted by atomic mass is 16.1. The number of aromatic nitrogens is 3. The molecule has 1 amide bonds. The molecule has 0 bridgehead atoms. The summed E-state index contributed by atoms with van der Waals surface area (Å²) in [6.45, 7) is 0.398. The molecule has 3 aromatic heterocycles. The maximum Gasteiger partial charge on any atom is 0.253 e. The van der Waals surface area contributed by atoms with Crippen LogP contribution in [0.2, 0.25) is 0 Å². The molecule has 118 valence electrons. The molecule has 3 N–H and O–H groups in total. The number of pyridine rings is 1. The third kappa shape index (κ3) is 2.54. The van der Waals surface area contributed by atoms with Gasteiger partial charge in [0.15, 0.2) is 6.29 Å². The molecule has 3 heterocycles. The van der Waals surface area contributed by atoms with E-state index in [1.165, 1.54) is 0 Å². The first-order valence-electron chi connectivity index (χ1n) is 7.51. The zero-order chi connectivity index (χ0) is 16.5. The lowest BCUT2D eigenvalue weighted by Gasteiger charge is -2.06. The number of carbonyl (C=O) groups is 2. The number of amides is 1. The van der Waals surface area contributed by atoms with Gasteiger partial charge in [-0.05, 0) is 29.8 Å². The molecule has 0 saturated carbocycles. The molecule has 24 heavy (non-hydrogen) atoms. The van der Waals surface area contributed by atoms with Crippen molar-refractivity contribution in [1.29, 1.82) is 0 Å². The van der Waals surface area contributed by atoms with E-state index >= 15 is 0 Å². The van der Waals surface area contributed by atoms with Gasteiger partial charge in [0.05, 0.1) is 11.3 Å². The Morgan fingerprint density at radius 3 is 2.96 bits per heavy atom. The summed E-state index contributed by atoms with van der Waals surface area (Å²) in [6.07, 6.45) is 4.13. The van der Waals surface area contributed by atoms with Gasteiger partial charge in [0.1, 0.15) is 5.65 Å². The van der Waals surface area contributed by atoms with Crippen LogP contribution in [-0.2, 0) is 6.54 Å². The zero-order valence-corrected chi connectivity index (χ0v) is 12.7. The van der Waals surface area contributed by atoms with E-state index in [4.69, 9.17) is 0 Å². The number of aromatic amines is 2. The molecule has 1 aromatic carbocycles. The number of benzene rings is 1. The van der Waals surface area contributed by atoms with Gasteiger partial charge in [-0.3, -0.25) is 9.59 Å². The summed E-state index contributed by atoms with van der Waals surface area (Å²) in [4.78, 5) is 33.3. The topological polar surface area (TPSA) is 90.6 Å². The second-order valence-electron chi connectivity index (χ2n) is 5.59. The Kier molecular flexibility index (Phi) is 3.35. The Hall–Kier alpha value is -3.41. The number of H-pyrrole nitrogens is 2. The zero-order valence-electron chi connectivity index (χ0n) is 12.7. The van der Waals surface area contributed by atoms with Gasteiger partial charge in [-0.2, -0.15) is 0 Å². The Morgan fingerprint density at radius 1 is 1.17 bits per heavy atom. The first-order valence-corrected chi connectivity index (χ1v) is 7.51. The van der Waals surface area contributed by atoms with Gasteiger partial charge in [0, 0.05) is 35.2 Å². The van der Waals surface area contributed by atoms with Crippen molar-refractivity contribution in [2.45, 2.75) is 6.54 Å². The van der Waals surface area contributed by atoms with E-state index in [-0.39, 0.29) is 5.91 Å². The highest BCUT2D eigenvalue weighted by Gasteiger charge is 2.08. The molecule has 0 aliphatic carbocycles. The van der Waals surface area contributed by atoms with Crippen molar-refractivity contribution in [3.8, 4) is 0 Å². The summed E-state index contributed by atoms with van der Waals surface area (Å²) in [5.74, 6) is -0.175. The molecular weight excluding hydrogens is 304 g/mol. The van der Waals surface area contributed by atoms with E-state index in [9.17, 15) is 9.59 Å². The average molecular weight is 318 g/mol. The van der Waals surface area contributed by atoms with Crippen molar-refractivity contribution in [1.82, 2.24) is 20.3 Å². The lowest BCUT2D eigenvalue weighted by atomic mass is 10.1. The number of nitrogens with one attached hydrogen (secondary N) is 3. The van der Waals surface area contributed by atoms with Crippen LogP contribution in [-0.4, -0.2) is 27.1 Å². The number of aldehydes is 1. The van der Waals surface area contributed by atoms with E-state index < -0.39 is 0 Å². The predicted molar refractivity (Wildman–Crippen MR) is 91.0 cm³/mol. The first-order chi connectivity index (χ1) is 11.7. The van der Waals surface area contributed by atoms with Crippen LogP contribution < -0.4 is 5.32 Å². The SMILES string of the molecule is O=Cc1cc2ccc(CNC(=O)c3cnc4[nH]ccc4c3)cc2[nH]1. The van der Waals surface area contributed by atoms with Gasteiger partial charge in [-0.15, -0.1) is 0 Å². The van der Waals surface area contributed by atoms with E-state index in [0.717, 1.165) is 33.8 Å². The van der Waals surface area contributed by atoms with Crippen molar-refractivity contribution >= 4 is 34.1 Å². The minimum absolute atomic E-state index is 0.175. The van der Waals surface area contributed by atoms with E-state index in [2.05, 4.69) is 20.3 Å². The van der Waals surface area contributed by atoms with Crippen molar-refractivity contribution in [3.63, 3.8) is 0 Å². The maximum absolute atomic E-state index is 12.3. The minimum atomic E-state index is -0.175. The van der Waals surface area contributed by atoms with Crippen LogP contribution in [0.4, 0.5) is 0 Å². The number of hydrogen-bond donors (Lipinski definition) is 3. The maximum atomic E-state index is 12.3. The fraction of sp³-hybridized carbons (Fsp3) is 0.0556. The molecule has 0 fully saturated rings. The molecule has 0 aliphatic heterocycles. The van der Waals surface area contributed by atoms with Gasteiger partial charge in [-0.25, -0.2) is 4.98 Å². The summed E-state index contributed by atoms with van der Waals surface area (Å²) >= 11 is 0. The highest BCUT2D eigenvalue weighted by Crippen LogP contribution is 2.17. The first kappa shape index (κ1) is 14.2. The molecule has 4 rings (SSSR count). The van der Waals surface area contributed by atoms with E-state index in [1.807, 2.05) is 24.3 Å². The Bertz CT molecular complexity index is 1060. The summed E-state index contributed by atoms with van der Waals surface area (Å²) in [6, 6.07) is 11.3. The second kappa shape index (κ2) is 5.66. The average Bonchev–Trinajstić information content (AvgIpc) is 3.24. The standard InChI is InChI=1S/C18H14N4O2/c23-10-15-7-12-2-1-11(5-16(12)22-15)8-21-18(24)14-6-13-3-4-19-17(13)20-9-14/h1-7,9-10,22H,8H2,(H,19,20)(H,21,24). The lowest BCUT2D eigenvalue weighted by molar-refractivity contribution is 0.0950. The van der Waals surface area contributed by atoms with Crippen LogP contribution in [0, 0.1) is 0 Å². The van der Waals surface area contributed by atoms with Crippen molar-refractivity contribution in [2.75, 3.05) is 0 Å². The summed E-state index contributed by atoms with van der Waals surface area (Å²) in [5, 5.41) is 4.75. The minimum Gasteiger partial charge on any atom is -0.352 e. The van der Waals surface area contributed by atoms with Gasteiger partial charge in [0.25, 0.3) is 5.91 Å². The van der Waals surface area contributed by atoms with E-state index in [1.54, 1.807) is 24.5 Å². The van der Waals surface area contributed by atoms with Crippen LogP contribution in [0.15, 0.2) is 48.8 Å². The van der Waals surface area contributed by atoms with Crippen LogP contribution >= 0.6 is 0 Å². The number of carbonyl (C=O) groups excluding carboxylic acids is 2. The third-order valence-corrected chi connectivity index (χ3v) is 3.95. The normalized spacial score (nSPS) is 11.0. The number of hydrogen-bond acceptors (Lipinski definition) is 3. The molecular formula is C18H14N4O2. The van der Waals surface area contributed by atoms with Crippen LogP contribution in [0.25, 0.3) is 21.9 Å². The van der Waals surface area contributed by atoms with Gasteiger partial charge >= 0.3 is 0 Å². The molecule has 0 spiro atoms. The molecule has 6 heteroatoms. The Morgan fingerprint density at radius 2 is 2.08 bits per heavy atom. The Labute approximate surface area is 136 Å².